The summed E-state index contributed by atoms with van der Waals surface area (Å²) in [5.41, 5.74) is 1.54. The monoisotopic (exact) mass is 381 g/mol. The van der Waals surface area contributed by atoms with E-state index in [1.807, 2.05) is 41.8 Å². The molecule has 8 heteroatoms. The van der Waals surface area contributed by atoms with Crippen molar-refractivity contribution in [2.24, 2.45) is 0 Å². The molecule has 0 aliphatic heterocycles. The first kappa shape index (κ1) is 18.8. The fourth-order valence-electron chi connectivity index (χ4n) is 2.49. The number of hydrogen-bond acceptors (Lipinski definition) is 6. The Morgan fingerprint density at radius 3 is 2.63 bits per heavy atom. The first-order valence-electron chi connectivity index (χ1n) is 8.50. The Bertz CT molecular complexity index is 912. The van der Waals surface area contributed by atoms with Gasteiger partial charge in [0.1, 0.15) is 0 Å². The predicted octanol–water partition coefficient (Wildman–Crippen LogP) is 3.05. The van der Waals surface area contributed by atoms with Gasteiger partial charge in [-0.05, 0) is 31.2 Å². The van der Waals surface area contributed by atoms with E-state index in [1.54, 1.807) is 24.5 Å². The van der Waals surface area contributed by atoms with Crippen LogP contribution in [-0.2, 0) is 16.1 Å². The molecule has 1 N–H and O–H groups in total. The van der Waals surface area contributed by atoms with Crippen LogP contribution in [0.15, 0.2) is 60.0 Å². The van der Waals surface area contributed by atoms with E-state index in [0.717, 1.165) is 5.56 Å². The molecule has 0 saturated heterocycles. The van der Waals surface area contributed by atoms with E-state index in [1.165, 1.54) is 11.8 Å². The van der Waals surface area contributed by atoms with Crippen LogP contribution < -0.4 is 5.32 Å². The van der Waals surface area contributed by atoms with Crippen molar-refractivity contribution in [3.63, 3.8) is 0 Å². The molecule has 138 valence electrons. The van der Waals surface area contributed by atoms with E-state index in [-0.39, 0.29) is 23.9 Å². The maximum absolute atomic E-state index is 12.1. The molecule has 7 nitrogen and oxygen atoms in total. The van der Waals surface area contributed by atoms with Crippen LogP contribution in [0.4, 0.5) is 5.69 Å². The van der Waals surface area contributed by atoms with Gasteiger partial charge in [0.2, 0.25) is 5.91 Å². The number of para-hydroxylation sites is 1. The summed E-state index contributed by atoms with van der Waals surface area (Å²) in [5, 5.41) is 11.7. The molecule has 0 atom stereocenters. The van der Waals surface area contributed by atoms with Crippen LogP contribution in [0.3, 0.4) is 0 Å². The Hall–Kier alpha value is -3.00. The van der Waals surface area contributed by atoms with Crippen molar-refractivity contribution in [3.05, 3.63) is 54.9 Å². The number of anilines is 1. The van der Waals surface area contributed by atoms with Crippen molar-refractivity contribution < 1.29 is 9.59 Å². The highest BCUT2D eigenvalue weighted by Crippen LogP contribution is 2.23. The number of carbonyl (C=O) groups excluding carboxylic acids is 2. The van der Waals surface area contributed by atoms with Crippen molar-refractivity contribution >= 4 is 29.1 Å². The van der Waals surface area contributed by atoms with Gasteiger partial charge in [0, 0.05) is 30.2 Å². The molecule has 3 rings (SSSR count). The van der Waals surface area contributed by atoms with Crippen molar-refractivity contribution in [1.82, 2.24) is 19.7 Å². The van der Waals surface area contributed by atoms with E-state index in [0.29, 0.717) is 23.2 Å². The lowest BCUT2D eigenvalue weighted by atomic mass is 10.2. The summed E-state index contributed by atoms with van der Waals surface area (Å²) in [6.45, 7) is 2.66. The Balaban J connectivity index is 1.57. The third-order valence-electron chi connectivity index (χ3n) is 3.73. The molecule has 1 amide bonds. The number of amides is 1. The van der Waals surface area contributed by atoms with Crippen molar-refractivity contribution in [3.8, 4) is 11.4 Å². The van der Waals surface area contributed by atoms with Gasteiger partial charge >= 0.3 is 0 Å². The Morgan fingerprint density at radius 2 is 1.93 bits per heavy atom. The lowest BCUT2D eigenvalue weighted by Crippen LogP contribution is -2.17. The summed E-state index contributed by atoms with van der Waals surface area (Å²) in [6.07, 6.45) is 3.26. The Morgan fingerprint density at radius 1 is 1.11 bits per heavy atom. The van der Waals surface area contributed by atoms with E-state index in [2.05, 4.69) is 20.5 Å². The van der Waals surface area contributed by atoms with Gasteiger partial charge in [0.15, 0.2) is 16.8 Å². The number of thioether (sulfide) groups is 1. The predicted molar refractivity (Wildman–Crippen MR) is 104 cm³/mol. The van der Waals surface area contributed by atoms with Crippen molar-refractivity contribution in [2.75, 3.05) is 11.1 Å². The Kier molecular flexibility index (Phi) is 6.32. The molecular formula is C19H19N5O2S. The molecule has 0 fully saturated rings. The molecule has 1 aromatic carbocycles. The largest absolute Gasteiger partial charge is 0.326 e. The summed E-state index contributed by atoms with van der Waals surface area (Å²) in [7, 11) is 0. The van der Waals surface area contributed by atoms with Crippen LogP contribution in [0.25, 0.3) is 11.4 Å². The fraction of sp³-hybridized carbons (Fsp3) is 0.211. The average Bonchev–Trinajstić information content (AvgIpc) is 3.10. The molecule has 2 aromatic heterocycles. The lowest BCUT2D eigenvalue weighted by molar-refractivity contribution is -0.123. The number of Topliss-reactive ketones (excluding diaryl/α,β-unsaturated/α-hetero) is 1. The van der Waals surface area contributed by atoms with Gasteiger partial charge in [0.05, 0.1) is 12.2 Å². The van der Waals surface area contributed by atoms with Crippen LogP contribution in [-0.4, -0.2) is 37.2 Å². The summed E-state index contributed by atoms with van der Waals surface area (Å²) in [4.78, 5) is 28.2. The first-order valence-corrected chi connectivity index (χ1v) is 9.49. The molecule has 0 bridgehead atoms. The van der Waals surface area contributed by atoms with Gasteiger partial charge in [-0.1, -0.05) is 30.0 Å². The number of rotatable bonds is 8. The molecule has 0 aliphatic rings. The average molecular weight is 381 g/mol. The van der Waals surface area contributed by atoms with E-state index >= 15 is 0 Å². The minimum absolute atomic E-state index is 0.160. The zero-order chi connectivity index (χ0) is 19.1. The molecule has 0 saturated carbocycles. The smallest absolute Gasteiger partial charge is 0.231 e. The number of benzene rings is 1. The van der Waals surface area contributed by atoms with Crippen LogP contribution in [0.1, 0.15) is 13.3 Å². The normalized spacial score (nSPS) is 10.6. The molecular weight excluding hydrogens is 362 g/mol. The second-order valence-corrected chi connectivity index (χ2v) is 6.65. The van der Waals surface area contributed by atoms with Gasteiger partial charge in [-0.3, -0.25) is 14.6 Å². The topological polar surface area (TPSA) is 89.8 Å². The van der Waals surface area contributed by atoms with Crippen molar-refractivity contribution in [2.45, 2.75) is 25.0 Å². The first-order chi connectivity index (χ1) is 13.2. The van der Waals surface area contributed by atoms with Crippen LogP contribution in [0.5, 0.6) is 0 Å². The number of aromatic nitrogens is 4. The number of nitrogens with zero attached hydrogens (tertiary/aromatic N) is 4. The highest BCUT2D eigenvalue weighted by Gasteiger charge is 2.16. The highest BCUT2D eigenvalue weighted by molar-refractivity contribution is 7.99. The molecule has 3 aromatic rings. The van der Waals surface area contributed by atoms with Gasteiger partial charge in [0.25, 0.3) is 0 Å². The second kappa shape index (κ2) is 9.09. The van der Waals surface area contributed by atoms with E-state index in [4.69, 9.17) is 0 Å². The van der Waals surface area contributed by atoms with Gasteiger partial charge in [-0.2, -0.15) is 0 Å². The van der Waals surface area contributed by atoms with Crippen LogP contribution in [0.2, 0.25) is 0 Å². The number of hydrogen-bond donors (Lipinski definition) is 1. The zero-order valence-electron chi connectivity index (χ0n) is 14.8. The molecule has 0 spiro atoms. The number of pyridine rings is 1. The molecule has 2 heterocycles. The third kappa shape index (κ3) is 5.01. The Labute approximate surface area is 161 Å². The minimum atomic E-state index is -0.320. The molecule has 27 heavy (non-hydrogen) atoms. The van der Waals surface area contributed by atoms with Crippen molar-refractivity contribution in [1.29, 1.82) is 0 Å². The van der Waals surface area contributed by atoms with E-state index < -0.39 is 0 Å². The third-order valence-corrected chi connectivity index (χ3v) is 4.76. The summed E-state index contributed by atoms with van der Waals surface area (Å²) in [6, 6.07) is 12.8. The molecule has 0 unspecified atom stereocenters. The van der Waals surface area contributed by atoms with Gasteiger partial charge in [-0.25, -0.2) is 0 Å². The fourth-order valence-corrected chi connectivity index (χ4v) is 3.35. The highest BCUT2D eigenvalue weighted by atomic mass is 32.2. The second-order valence-electron chi connectivity index (χ2n) is 5.71. The number of ketones is 1. The summed E-state index contributed by atoms with van der Waals surface area (Å²) >= 11 is 1.28. The van der Waals surface area contributed by atoms with Crippen LogP contribution in [0, 0.1) is 0 Å². The van der Waals surface area contributed by atoms with Crippen LogP contribution >= 0.6 is 11.8 Å². The van der Waals surface area contributed by atoms with Gasteiger partial charge in [-0.15, -0.1) is 10.2 Å². The number of nitrogens with one attached hydrogen (secondary N) is 1. The zero-order valence-corrected chi connectivity index (χ0v) is 15.6. The number of carbonyl (C=O) groups is 2. The summed E-state index contributed by atoms with van der Waals surface area (Å²) in [5.74, 6) is 0.386. The molecule has 0 aliphatic carbocycles. The standard InChI is InChI=1S/C19H19N5O2S/c1-2-24-18(14-7-6-10-20-12-14)22-23-19(24)27-13-16(25)11-17(26)21-15-8-4-3-5-9-15/h3-10,12H,2,11,13H2,1H3,(H,21,26). The SMILES string of the molecule is CCn1c(SCC(=O)CC(=O)Nc2ccccc2)nnc1-c1cccnc1. The maximum atomic E-state index is 12.1. The molecule has 0 radical (unpaired) electrons. The lowest BCUT2D eigenvalue weighted by Gasteiger charge is -2.07. The van der Waals surface area contributed by atoms with Gasteiger partial charge < -0.3 is 9.88 Å². The quantitative estimate of drug-likeness (QED) is 0.476. The maximum Gasteiger partial charge on any atom is 0.231 e. The minimum Gasteiger partial charge on any atom is -0.326 e. The summed E-state index contributed by atoms with van der Waals surface area (Å²) < 4.78 is 1.93. The van der Waals surface area contributed by atoms with E-state index in [9.17, 15) is 9.59 Å².